The monoisotopic (exact) mass is 335 g/mol. The molecule has 0 saturated heterocycles. The molecule has 1 aliphatic rings. The molecule has 1 aromatic carbocycles. The number of benzene rings is 1. The molecular weight excluding hydrogens is 318 g/mol. The van der Waals surface area contributed by atoms with Crippen LogP contribution in [0.1, 0.15) is 28.8 Å². The van der Waals surface area contributed by atoms with Gasteiger partial charge in [0.1, 0.15) is 0 Å². The van der Waals surface area contributed by atoms with Crippen molar-refractivity contribution in [1.29, 1.82) is 0 Å². The van der Waals surface area contributed by atoms with Crippen molar-refractivity contribution < 1.29 is 0 Å². The molecule has 1 aliphatic carbocycles. The van der Waals surface area contributed by atoms with Gasteiger partial charge in [-0.15, -0.1) is 11.3 Å². The highest BCUT2D eigenvalue weighted by Crippen LogP contribution is 2.40. The van der Waals surface area contributed by atoms with Crippen LogP contribution in [0, 0.1) is 0 Å². The molecular formula is C16H18BrNS. The molecule has 1 unspecified atom stereocenters. The average molecular weight is 336 g/mol. The first-order chi connectivity index (χ1) is 9.23. The summed E-state index contributed by atoms with van der Waals surface area (Å²) in [4.78, 5) is 1.43. The van der Waals surface area contributed by atoms with Gasteiger partial charge in [0, 0.05) is 16.8 Å². The molecule has 0 fully saturated rings. The molecule has 0 spiro atoms. The molecule has 3 rings (SSSR count). The Labute approximate surface area is 127 Å². The summed E-state index contributed by atoms with van der Waals surface area (Å²) < 4.78 is 1.21. The smallest absolute Gasteiger partial charge is 0.0701 e. The van der Waals surface area contributed by atoms with Crippen molar-refractivity contribution in [2.75, 3.05) is 6.54 Å². The number of hydrogen-bond donors (Lipinski definition) is 1. The zero-order valence-corrected chi connectivity index (χ0v) is 13.3. The minimum Gasteiger partial charge on any atom is -0.330 e. The second kappa shape index (κ2) is 5.39. The van der Waals surface area contributed by atoms with Crippen LogP contribution in [-0.4, -0.2) is 6.54 Å². The van der Waals surface area contributed by atoms with Crippen molar-refractivity contribution in [3.05, 3.63) is 56.2 Å². The SMILES string of the molecule is NCC1(Cc2ccc(Br)s2)CCCc2ccccc21. The summed E-state index contributed by atoms with van der Waals surface area (Å²) in [5, 5.41) is 0. The molecule has 1 aromatic heterocycles. The van der Waals surface area contributed by atoms with Gasteiger partial charge in [-0.2, -0.15) is 0 Å². The summed E-state index contributed by atoms with van der Waals surface area (Å²) in [6.07, 6.45) is 4.72. The predicted octanol–water partition coefficient (Wildman–Crippen LogP) is 4.29. The topological polar surface area (TPSA) is 26.0 Å². The van der Waals surface area contributed by atoms with E-state index in [9.17, 15) is 0 Å². The summed E-state index contributed by atoms with van der Waals surface area (Å²) >= 11 is 5.39. The van der Waals surface area contributed by atoms with Gasteiger partial charge in [0.2, 0.25) is 0 Å². The summed E-state index contributed by atoms with van der Waals surface area (Å²) in [6.45, 7) is 0.736. The van der Waals surface area contributed by atoms with Crippen LogP contribution in [-0.2, 0) is 18.3 Å². The van der Waals surface area contributed by atoms with E-state index in [-0.39, 0.29) is 5.41 Å². The third kappa shape index (κ3) is 2.51. The van der Waals surface area contributed by atoms with Gasteiger partial charge in [-0.3, -0.25) is 0 Å². The second-order valence-corrected chi connectivity index (χ2v) is 7.93. The maximum Gasteiger partial charge on any atom is 0.0701 e. The molecule has 100 valence electrons. The van der Waals surface area contributed by atoms with Crippen molar-refractivity contribution in [2.45, 2.75) is 31.1 Å². The molecule has 19 heavy (non-hydrogen) atoms. The van der Waals surface area contributed by atoms with Gasteiger partial charge >= 0.3 is 0 Å². The Morgan fingerprint density at radius 1 is 1.21 bits per heavy atom. The fourth-order valence-corrected chi connectivity index (χ4v) is 4.88. The van der Waals surface area contributed by atoms with Gasteiger partial charge in [-0.05, 0) is 64.9 Å². The first kappa shape index (κ1) is 13.3. The lowest BCUT2D eigenvalue weighted by Crippen LogP contribution is -2.40. The van der Waals surface area contributed by atoms with Crippen molar-refractivity contribution in [3.8, 4) is 0 Å². The lowest BCUT2D eigenvalue weighted by atomic mass is 9.68. The molecule has 3 heteroatoms. The molecule has 1 heterocycles. The lowest BCUT2D eigenvalue weighted by Gasteiger charge is -2.38. The quantitative estimate of drug-likeness (QED) is 0.889. The number of halogens is 1. The number of thiophene rings is 1. The highest BCUT2D eigenvalue weighted by atomic mass is 79.9. The number of rotatable bonds is 3. The van der Waals surface area contributed by atoms with Gasteiger partial charge in [0.05, 0.1) is 3.79 Å². The van der Waals surface area contributed by atoms with Gasteiger partial charge in [-0.1, -0.05) is 24.3 Å². The summed E-state index contributed by atoms with van der Waals surface area (Å²) in [6, 6.07) is 13.2. The maximum absolute atomic E-state index is 6.20. The van der Waals surface area contributed by atoms with Gasteiger partial charge in [-0.25, -0.2) is 0 Å². The molecule has 2 N–H and O–H groups in total. The van der Waals surface area contributed by atoms with E-state index >= 15 is 0 Å². The Kier molecular flexibility index (Phi) is 3.79. The minimum atomic E-state index is 0.138. The van der Waals surface area contributed by atoms with Crippen LogP contribution in [0.25, 0.3) is 0 Å². The Bertz CT molecular complexity index is 578. The highest BCUT2D eigenvalue weighted by Gasteiger charge is 2.35. The molecule has 0 radical (unpaired) electrons. The molecule has 0 amide bonds. The van der Waals surface area contributed by atoms with Crippen molar-refractivity contribution >= 4 is 27.3 Å². The van der Waals surface area contributed by atoms with Crippen LogP contribution in [0.15, 0.2) is 40.2 Å². The lowest BCUT2D eigenvalue weighted by molar-refractivity contribution is 0.368. The van der Waals surface area contributed by atoms with Crippen LogP contribution in [0.5, 0.6) is 0 Å². The molecule has 2 aromatic rings. The molecule has 0 aliphatic heterocycles. The van der Waals surface area contributed by atoms with Crippen molar-refractivity contribution in [3.63, 3.8) is 0 Å². The highest BCUT2D eigenvalue weighted by molar-refractivity contribution is 9.11. The fraction of sp³-hybridized carbons (Fsp3) is 0.375. The molecule has 0 bridgehead atoms. The van der Waals surface area contributed by atoms with Crippen LogP contribution in [0.2, 0.25) is 0 Å². The zero-order valence-electron chi connectivity index (χ0n) is 10.9. The summed E-state index contributed by atoms with van der Waals surface area (Å²) in [5.41, 5.74) is 9.31. The van der Waals surface area contributed by atoms with E-state index in [1.54, 1.807) is 0 Å². The molecule has 0 saturated carbocycles. The van der Waals surface area contributed by atoms with Gasteiger partial charge < -0.3 is 5.73 Å². The Hall–Kier alpha value is -0.640. The van der Waals surface area contributed by atoms with E-state index in [1.807, 2.05) is 11.3 Å². The van der Waals surface area contributed by atoms with Crippen molar-refractivity contribution in [2.24, 2.45) is 5.73 Å². The fourth-order valence-electron chi connectivity index (χ4n) is 3.26. The van der Waals surface area contributed by atoms with E-state index in [0.29, 0.717) is 0 Å². The standard InChI is InChI=1S/C16H18BrNS/c17-15-8-7-13(19-15)10-16(11-18)9-3-5-12-4-1-2-6-14(12)16/h1-2,4,6-8H,3,5,9-11,18H2. The minimum absolute atomic E-state index is 0.138. The predicted molar refractivity (Wildman–Crippen MR) is 85.8 cm³/mol. The van der Waals surface area contributed by atoms with E-state index in [4.69, 9.17) is 5.73 Å². The van der Waals surface area contributed by atoms with E-state index in [2.05, 4.69) is 52.3 Å². The summed E-state index contributed by atoms with van der Waals surface area (Å²) in [5.74, 6) is 0. The third-order valence-corrected chi connectivity index (χ3v) is 5.85. The second-order valence-electron chi connectivity index (χ2n) is 5.38. The van der Waals surface area contributed by atoms with Crippen LogP contribution in [0.4, 0.5) is 0 Å². The number of nitrogens with two attached hydrogens (primary N) is 1. The van der Waals surface area contributed by atoms with Crippen LogP contribution in [0.3, 0.4) is 0 Å². The maximum atomic E-state index is 6.20. The average Bonchev–Trinajstić information content (AvgIpc) is 2.84. The normalized spacial score (nSPS) is 22.2. The van der Waals surface area contributed by atoms with E-state index in [1.165, 1.54) is 39.1 Å². The number of fused-ring (bicyclic) bond motifs is 1. The largest absolute Gasteiger partial charge is 0.330 e. The zero-order chi connectivity index (χ0) is 13.3. The molecule has 1 nitrogen and oxygen atoms in total. The molecule has 1 atom stereocenters. The van der Waals surface area contributed by atoms with Gasteiger partial charge in [0.15, 0.2) is 0 Å². The number of hydrogen-bond acceptors (Lipinski definition) is 2. The Morgan fingerprint density at radius 3 is 2.79 bits per heavy atom. The number of aryl methyl sites for hydroxylation is 1. The van der Waals surface area contributed by atoms with E-state index < -0.39 is 0 Å². The summed E-state index contributed by atoms with van der Waals surface area (Å²) in [7, 11) is 0. The van der Waals surface area contributed by atoms with Gasteiger partial charge in [0.25, 0.3) is 0 Å². The Morgan fingerprint density at radius 2 is 2.05 bits per heavy atom. The van der Waals surface area contributed by atoms with E-state index in [0.717, 1.165) is 13.0 Å². The van der Waals surface area contributed by atoms with Crippen LogP contribution >= 0.6 is 27.3 Å². The first-order valence-electron chi connectivity index (χ1n) is 6.76. The Balaban J connectivity index is 2.00. The first-order valence-corrected chi connectivity index (χ1v) is 8.37. The van der Waals surface area contributed by atoms with Crippen LogP contribution < -0.4 is 5.73 Å². The third-order valence-electron chi connectivity index (χ3n) is 4.22. The van der Waals surface area contributed by atoms with Crippen molar-refractivity contribution in [1.82, 2.24) is 0 Å².